The molecule has 1 amide bonds. The number of hydrogen-bond acceptors (Lipinski definition) is 3. The van der Waals surface area contributed by atoms with Crippen molar-refractivity contribution in [3.63, 3.8) is 0 Å². The van der Waals surface area contributed by atoms with Crippen molar-refractivity contribution in [1.82, 2.24) is 9.80 Å². The first-order valence-corrected chi connectivity index (χ1v) is 9.02. The average Bonchev–Trinajstić information content (AvgIpc) is 2.79. The van der Waals surface area contributed by atoms with E-state index in [-0.39, 0.29) is 0 Å². The minimum atomic E-state index is 0.307. The van der Waals surface area contributed by atoms with Crippen molar-refractivity contribution >= 4 is 5.91 Å². The lowest BCUT2D eigenvalue weighted by molar-refractivity contribution is -0.136. The highest BCUT2D eigenvalue weighted by molar-refractivity contribution is 5.77. The SMILES string of the molecule is NC1[C@@H]2CC[C@H]1CN(C1CCC(=O)N(Cc3ccccc3)C1)C2. The van der Waals surface area contributed by atoms with E-state index in [0.29, 0.717) is 36.2 Å². The molecule has 2 N–H and O–H groups in total. The van der Waals surface area contributed by atoms with Gasteiger partial charge in [-0.3, -0.25) is 9.69 Å². The van der Waals surface area contributed by atoms with E-state index in [9.17, 15) is 4.79 Å². The van der Waals surface area contributed by atoms with Crippen LogP contribution in [-0.4, -0.2) is 47.4 Å². The number of benzene rings is 1. The van der Waals surface area contributed by atoms with Gasteiger partial charge in [-0.05, 0) is 36.7 Å². The first-order chi connectivity index (χ1) is 11.2. The van der Waals surface area contributed by atoms with Gasteiger partial charge in [0.25, 0.3) is 0 Å². The molecule has 2 saturated heterocycles. The highest BCUT2D eigenvalue weighted by Gasteiger charge is 2.42. The molecule has 1 aromatic carbocycles. The summed E-state index contributed by atoms with van der Waals surface area (Å²) in [5, 5.41) is 0. The Morgan fingerprint density at radius 1 is 1.00 bits per heavy atom. The highest BCUT2D eigenvalue weighted by atomic mass is 16.2. The number of fused-ring (bicyclic) bond motifs is 2. The first kappa shape index (κ1) is 15.2. The van der Waals surface area contributed by atoms with Crippen LogP contribution >= 0.6 is 0 Å². The summed E-state index contributed by atoms with van der Waals surface area (Å²) in [5.41, 5.74) is 7.56. The van der Waals surface area contributed by atoms with Crippen LogP contribution < -0.4 is 5.73 Å². The Balaban J connectivity index is 1.42. The quantitative estimate of drug-likeness (QED) is 0.926. The van der Waals surface area contributed by atoms with Crippen LogP contribution in [0.2, 0.25) is 0 Å². The number of rotatable bonds is 3. The van der Waals surface area contributed by atoms with E-state index in [1.54, 1.807) is 0 Å². The zero-order chi connectivity index (χ0) is 15.8. The van der Waals surface area contributed by atoms with Crippen LogP contribution in [0.4, 0.5) is 0 Å². The van der Waals surface area contributed by atoms with Crippen LogP contribution in [0.5, 0.6) is 0 Å². The van der Waals surface area contributed by atoms with Gasteiger partial charge >= 0.3 is 0 Å². The number of likely N-dealkylation sites (tertiary alicyclic amines) is 2. The minimum Gasteiger partial charge on any atom is -0.337 e. The topological polar surface area (TPSA) is 49.6 Å². The zero-order valence-corrected chi connectivity index (χ0v) is 13.7. The van der Waals surface area contributed by atoms with Crippen LogP contribution in [0, 0.1) is 11.8 Å². The first-order valence-electron chi connectivity index (χ1n) is 9.02. The third kappa shape index (κ3) is 3.02. The molecular formula is C19H27N3O. The standard InChI is InChI=1S/C19H27N3O/c20-19-15-6-7-16(19)12-21(11-15)17-8-9-18(23)22(13-17)10-14-4-2-1-3-5-14/h1-5,15-17,19H,6-13,20H2/t15-,16+,17?,19?. The molecule has 1 saturated carbocycles. The minimum absolute atomic E-state index is 0.307. The summed E-state index contributed by atoms with van der Waals surface area (Å²) in [6.45, 7) is 3.89. The highest BCUT2D eigenvalue weighted by Crippen LogP contribution is 2.37. The van der Waals surface area contributed by atoms with Gasteiger partial charge in [0.1, 0.15) is 0 Å². The van der Waals surface area contributed by atoms with E-state index in [1.807, 2.05) is 18.2 Å². The monoisotopic (exact) mass is 313 g/mol. The van der Waals surface area contributed by atoms with E-state index >= 15 is 0 Å². The van der Waals surface area contributed by atoms with Gasteiger partial charge < -0.3 is 10.6 Å². The Kier molecular flexibility index (Phi) is 4.12. The predicted octanol–water partition coefficient (Wildman–Crippen LogP) is 1.85. The van der Waals surface area contributed by atoms with Crippen molar-refractivity contribution in [1.29, 1.82) is 0 Å². The van der Waals surface area contributed by atoms with Crippen LogP contribution in [0.1, 0.15) is 31.2 Å². The maximum Gasteiger partial charge on any atom is 0.222 e. The second-order valence-corrected chi connectivity index (χ2v) is 7.58. The zero-order valence-electron chi connectivity index (χ0n) is 13.7. The van der Waals surface area contributed by atoms with Gasteiger partial charge in [-0.15, -0.1) is 0 Å². The molecule has 2 unspecified atom stereocenters. The van der Waals surface area contributed by atoms with Gasteiger partial charge in [0.2, 0.25) is 5.91 Å². The van der Waals surface area contributed by atoms with Crippen molar-refractivity contribution in [2.45, 2.75) is 44.3 Å². The second-order valence-electron chi connectivity index (χ2n) is 7.58. The number of carbonyl (C=O) groups is 1. The summed E-state index contributed by atoms with van der Waals surface area (Å²) in [6, 6.07) is 11.3. The molecule has 3 fully saturated rings. The largest absolute Gasteiger partial charge is 0.337 e. The molecule has 2 aliphatic heterocycles. The van der Waals surface area contributed by atoms with Crippen LogP contribution in [0.3, 0.4) is 0 Å². The molecule has 1 aromatic rings. The molecule has 0 spiro atoms. The lowest BCUT2D eigenvalue weighted by Crippen LogP contribution is -2.56. The number of carbonyl (C=O) groups excluding carboxylic acids is 1. The fourth-order valence-electron chi connectivity index (χ4n) is 4.75. The Morgan fingerprint density at radius 3 is 2.39 bits per heavy atom. The van der Waals surface area contributed by atoms with Crippen molar-refractivity contribution in [2.75, 3.05) is 19.6 Å². The Labute approximate surface area is 138 Å². The summed E-state index contributed by atoms with van der Waals surface area (Å²) in [7, 11) is 0. The molecule has 2 bridgehead atoms. The van der Waals surface area contributed by atoms with Gasteiger partial charge in [0.15, 0.2) is 0 Å². The number of hydrogen-bond donors (Lipinski definition) is 1. The van der Waals surface area contributed by atoms with E-state index < -0.39 is 0 Å². The van der Waals surface area contributed by atoms with Gasteiger partial charge in [-0.2, -0.15) is 0 Å². The Hall–Kier alpha value is -1.39. The third-order valence-electron chi connectivity index (χ3n) is 6.14. The number of piperidine rings is 2. The fraction of sp³-hybridized carbons (Fsp3) is 0.632. The van der Waals surface area contributed by atoms with Crippen LogP contribution in [0.25, 0.3) is 0 Å². The summed E-state index contributed by atoms with van der Waals surface area (Å²) >= 11 is 0. The van der Waals surface area contributed by atoms with Gasteiger partial charge in [0.05, 0.1) is 0 Å². The van der Waals surface area contributed by atoms with Crippen molar-refractivity contribution in [2.24, 2.45) is 17.6 Å². The average molecular weight is 313 g/mol. The molecule has 4 rings (SSSR count). The maximum absolute atomic E-state index is 12.3. The number of nitrogens with zero attached hydrogens (tertiary/aromatic N) is 2. The molecule has 0 aromatic heterocycles. The summed E-state index contributed by atoms with van der Waals surface area (Å²) < 4.78 is 0. The van der Waals surface area contributed by atoms with Crippen molar-refractivity contribution in [3.05, 3.63) is 35.9 Å². The molecule has 1 aliphatic carbocycles. The van der Waals surface area contributed by atoms with Crippen molar-refractivity contribution < 1.29 is 4.79 Å². The van der Waals surface area contributed by atoms with Crippen LogP contribution in [0.15, 0.2) is 30.3 Å². The third-order valence-corrected chi connectivity index (χ3v) is 6.14. The molecule has 124 valence electrons. The molecule has 4 nitrogen and oxygen atoms in total. The van der Waals surface area contributed by atoms with E-state index in [4.69, 9.17) is 5.73 Å². The predicted molar refractivity (Wildman–Crippen MR) is 90.6 cm³/mol. The lowest BCUT2D eigenvalue weighted by atomic mass is 9.90. The normalized spacial score (nSPS) is 34.8. The summed E-state index contributed by atoms with van der Waals surface area (Å²) in [4.78, 5) is 17.0. The number of nitrogens with two attached hydrogens (primary N) is 1. The van der Waals surface area contributed by atoms with Gasteiger partial charge in [-0.25, -0.2) is 0 Å². The second kappa shape index (κ2) is 6.25. The molecule has 2 heterocycles. The lowest BCUT2D eigenvalue weighted by Gasteiger charge is -2.44. The van der Waals surface area contributed by atoms with Crippen LogP contribution in [-0.2, 0) is 11.3 Å². The molecule has 4 heteroatoms. The fourth-order valence-corrected chi connectivity index (χ4v) is 4.75. The molecule has 3 aliphatic rings. The van der Waals surface area contributed by atoms with Gasteiger partial charge in [0, 0.05) is 44.7 Å². The number of amides is 1. The molecule has 4 atom stereocenters. The molecule has 0 radical (unpaired) electrons. The van der Waals surface area contributed by atoms with E-state index in [1.165, 1.54) is 18.4 Å². The summed E-state index contributed by atoms with van der Waals surface area (Å²) in [6.07, 6.45) is 4.29. The van der Waals surface area contributed by atoms with Gasteiger partial charge in [-0.1, -0.05) is 30.3 Å². The molecule has 23 heavy (non-hydrogen) atoms. The maximum atomic E-state index is 12.3. The van der Waals surface area contributed by atoms with E-state index in [2.05, 4.69) is 21.9 Å². The Morgan fingerprint density at radius 2 is 1.70 bits per heavy atom. The Bertz CT molecular complexity index is 547. The molecular weight excluding hydrogens is 286 g/mol. The van der Waals surface area contributed by atoms with E-state index in [0.717, 1.165) is 32.6 Å². The van der Waals surface area contributed by atoms with Crippen molar-refractivity contribution in [3.8, 4) is 0 Å². The smallest absolute Gasteiger partial charge is 0.222 e. The summed E-state index contributed by atoms with van der Waals surface area (Å²) in [5.74, 6) is 1.66.